The van der Waals surface area contributed by atoms with Crippen molar-refractivity contribution in [2.45, 2.75) is 25.8 Å². The minimum Gasteiger partial charge on any atom is -0.481 e. The highest BCUT2D eigenvalue weighted by atomic mass is 16.5. The Labute approximate surface area is 107 Å². The van der Waals surface area contributed by atoms with Gasteiger partial charge in [0, 0.05) is 13.5 Å². The second-order valence-corrected chi connectivity index (χ2v) is 4.93. The van der Waals surface area contributed by atoms with Gasteiger partial charge in [-0.3, -0.25) is 9.59 Å². The Bertz CT molecular complexity index is 308. The van der Waals surface area contributed by atoms with E-state index in [1.165, 1.54) is 4.90 Å². The number of amides is 1. The summed E-state index contributed by atoms with van der Waals surface area (Å²) in [5, 5.41) is 9.04. The van der Waals surface area contributed by atoms with Gasteiger partial charge in [0.25, 0.3) is 0 Å². The number of carboxylic acid groups (broad SMARTS) is 1. The monoisotopic (exact) mass is 258 g/mol. The van der Waals surface area contributed by atoms with E-state index < -0.39 is 11.9 Å². The molecule has 18 heavy (non-hydrogen) atoms. The second-order valence-electron chi connectivity index (χ2n) is 4.93. The Kier molecular flexibility index (Phi) is 5.55. The fraction of sp³-hybridized carbons (Fsp3) is 0.833. The van der Waals surface area contributed by atoms with E-state index >= 15 is 0 Å². The van der Waals surface area contributed by atoms with Crippen molar-refractivity contribution in [3.8, 4) is 0 Å². The van der Waals surface area contributed by atoms with Gasteiger partial charge >= 0.3 is 5.97 Å². The van der Waals surface area contributed by atoms with E-state index in [0.717, 1.165) is 6.42 Å². The largest absolute Gasteiger partial charge is 0.481 e. The van der Waals surface area contributed by atoms with Crippen molar-refractivity contribution < 1.29 is 19.4 Å². The summed E-state index contributed by atoms with van der Waals surface area (Å²) >= 11 is 0. The molecule has 0 aromatic heterocycles. The van der Waals surface area contributed by atoms with Gasteiger partial charge in [0.15, 0.2) is 0 Å². The first-order chi connectivity index (χ1) is 8.47. The van der Waals surface area contributed by atoms with E-state index in [9.17, 15) is 9.59 Å². The first kappa shape index (κ1) is 14.9. The summed E-state index contributed by atoms with van der Waals surface area (Å²) in [6, 6.07) is -0.358. The molecule has 0 bridgehead atoms. The van der Waals surface area contributed by atoms with Gasteiger partial charge in [0.1, 0.15) is 5.92 Å². The summed E-state index contributed by atoms with van der Waals surface area (Å²) in [5.41, 5.74) is 5.50. The number of aliphatic carboxylic acids is 1. The number of ether oxygens (including phenoxy) is 1. The van der Waals surface area contributed by atoms with Gasteiger partial charge < -0.3 is 20.5 Å². The van der Waals surface area contributed by atoms with Crippen molar-refractivity contribution in [2.75, 3.05) is 26.8 Å². The van der Waals surface area contributed by atoms with E-state index in [-0.39, 0.29) is 18.6 Å². The molecule has 1 fully saturated rings. The molecule has 0 spiro atoms. The quantitative estimate of drug-likeness (QED) is 0.695. The molecular weight excluding hydrogens is 236 g/mol. The van der Waals surface area contributed by atoms with E-state index in [4.69, 9.17) is 15.6 Å². The highest BCUT2D eigenvalue weighted by molar-refractivity contribution is 5.78. The molecule has 104 valence electrons. The first-order valence-corrected chi connectivity index (χ1v) is 6.23. The zero-order valence-electron chi connectivity index (χ0n) is 11.0. The molecule has 1 amide bonds. The van der Waals surface area contributed by atoms with E-state index in [1.807, 2.05) is 6.92 Å². The Morgan fingerprint density at radius 1 is 1.50 bits per heavy atom. The van der Waals surface area contributed by atoms with E-state index in [0.29, 0.717) is 25.5 Å². The molecular formula is C12H22N2O4. The summed E-state index contributed by atoms with van der Waals surface area (Å²) < 4.78 is 5.15. The lowest BCUT2D eigenvalue weighted by Crippen LogP contribution is -2.44. The summed E-state index contributed by atoms with van der Waals surface area (Å²) in [7, 11) is 1.64. The van der Waals surface area contributed by atoms with Crippen LogP contribution in [0.4, 0.5) is 0 Å². The van der Waals surface area contributed by atoms with Crippen molar-refractivity contribution in [1.82, 2.24) is 4.90 Å². The SMILES string of the molecule is CC(CN)CCC(=O)N(C)C1COCC1C(=O)O. The molecule has 0 saturated carbocycles. The normalized spacial score (nSPS) is 24.8. The van der Waals surface area contributed by atoms with Crippen molar-refractivity contribution in [1.29, 1.82) is 0 Å². The van der Waals surface area contributed by atoms with Gasteiger partial charge in [-0.2, -0.15) is 0 Å². The summed E-state index contributed by atoms with van der Waals surface area (Å²) in [6.07, 6.45) is 1.13. The van der Waals surface area contributed by atoms with Crippen LogP contribution in [0.25, 0.3) is 0 Å². The third-order valence-electron chi connectivity index (χ3n) is 3.51. The zero-order chi connectivity index (χ0) is 13.7. The number of carbonyl (C=O) groups excluding carboxylic acids is 1. The standard InChI is InChI=1S/C12H22N2O4/c1-8(5-13)3-4-11(15)14(2)10-7-18-6-9(10)12(16)17/h8-10H,3-7,13H2,1-2H3,(H,16,17). The number of hydrogen-bond donors (Lipinski definition) is 2. The predicted molar refractivity (Wildman–Crippen MR) is 66.0 cm³/mol. The highest BCUT2D eigenvalue weighted by Gasteiger charge is 2.38. The lowest BCUT2D eigenvalue weighted by molar-refractivity contribution is -0.144. The maximum atomic E-state index is 12.0. The molecule has 6 heteroatoms. The maximum Gasteiger partial charge on any atom is 0.311 e. The van der Waals surface area contributed by atoms with Crippen LogP contribution in [-0.4, -0.2) is 54.7 Å². The molecule has 3 atom stereocenters. The molecule has 0 aromatic carbocycles. The summed E-state index contributed by atoms with van der Waals surface area (Å²) in [4.78, 5) is 24.5. The average Bonchev–Trinajstić information content (AvgIpc) is 2.83. The number of carboxylic acids is 1. The molecule has 1 aliphatic heterocycles. The first-order valence-electron chi connectivity index (χ1n) is 6.23. The maximum absolute atomic E-state index is 12.0. The number of hydrogen-bond acceptors (Lipinski definition) is 4. The van der Waals surface area contributed by atoms with Crippen LogP contribution in [0.2, 0.25) is 0 Å². The Morgan fingerprint density at radius 2 is 2.17 bits per heavy atom. The van der Waals surface area contributed by atoms with Crippen LogP contribution in [-0.2, 0) is 14.3 Å². The fourth-order valence-corrected chi connectivity index (χ4v) is 2.01. The topological polar surface area (TPSA) is 92.9 Å². The molecule has 1 heterocycles. The number of rotatable bonds is 6. The van der Waals surface area contributed by atoms with Crippen LogP contribution < -0.4 is 5.73 Å². The van der Waals surface area contributed by atoms with Crippen LogP contribution in [0.1, 0.15) is 19.8 Å². The van der Waals surface area contributed by atoms with Crippen LogP contribution in [0.3, 0.4) is 0 Å². The van der Waals surface area contributed by atoms with Gasteiger partial charge in [-0.15, -0.1) is 0 Å². The molecule has 3 N–H and O–H groups in total. The number of carbonyl (C=O) groups is 2. The van der Waals surface area contributed by atoms with Crippen LogP contribution in [0.15, 0.2) is 0 Å². The van der Waals surface area contributed by atoms with Gasteiger partial charge in [0.05, 0.1) is 19.3 Å². The molecule has 1 saturated heterocycles. The van der Waals surface area contributed by atoms with Crippen LogP contribution in [0.5, 0.6) is 0 Å². The molecule has 1 aliphatic rings. The van der Waals surface area contributed by atoms with E-state index in [2.05, 4.69) is 0 Å². The number of nitrogens with zero attached hydrogens (tertiary/aromatic N) is 1. The second kappa shape index (κ2) is 6.70. The van der Waals surface area contributed by atoms with Gasteiger partial charge in [-0.25, -0.2) is 0 Å². The molecule has 0 aromatic rings. The van der Waals surface area contributed by atoms with Gasteiger partial charge in [0.2, 0.25) is 5.91 Å². The van der Waals surface area contributed by atoms with Crippen molar-refractivity contribution in [3.63, 3.8) is 0 Å². The van der Waals surface area contributed by atoms with Crippen LogP contribution in [0, 0.1) is 11.8 Å². The van der Waals surface area contributed by atoms with Gasteiger partial charge in [-0.1, -0.05) is 6.92 Å². The van der Waals surface area contributed by atoms with E-state index in [1.54, 1.807) is 7.05 Å². The minimum atomic E-state index is -0.910. The third kappa shape index (κ3) is 3.68. The van der Waals surface area contributed by atoms with Crippen molar-refractivity contribution >= 4 is 11.9 Å². The molecule has 3 unspecified atom stereocenters. The van der Waals surface area contributed by atoms with Crippen molar-refractivity contribution in [2.24, 2.45) is 17.6 Å². The number of likely N-dealkylation sites (N-methyl/N-ethyl adjacent to an activating group) is 1. The number of nitrogens with two attached hydrogens (primary N) is 1. The molecule has 1 rings (SSSR count). The Morgan fingerprint density at radius 3 is 2.72 bits per heavy atom. The summed E-state index contributed by atoms with van der Waals surface area (Å²) in [6.45, 7) is 3.02. The molecule has 0 radical (unpaired) electrons. The smallest absolute Gasteiger partial charge is 0.311 e. The molecule has 6 nitrogen and oxygen atoms in total. The zero-order valence-corrected chi connectivity index (χ0v) is 11.0. The van der Waals surface area contributed by atoms with Crippen LogP contribution >= 0.6 is 0 Å². The lowest BCUT2D eigenvalue weighted by Gasteiger charge is -2.26. The van der Waals surface area contributed by atoms with Gasteiger partial charge in [-0.05, 0) is 18.9 Å². The van der Waals surface area contributed by atoms with Crippen molar-refractivity contribution in [3.05, 3.63) is 0 Å². The Balaban J connectivity index is 2.50. The minimum absolute atomic E-state index is 0.0444. The average molecular weight is 258 g/mol. The molecule has 0 aliphatic carbocycles. The summed E-state index contributed by atoms with van der Waals surface area (Å²) in [5.74, 6) is -1.27. The lowest BCUT2D eigenvalue weighted by atomic mass is 10.0. The fourth-order valence-electron chi connectivity index (χ4n) is 2.01. The highest BCUT2D eigenvalue weighted by Crippen LogP contribution is 2.20. The Hall–Kier alpha value is -1.14. The predicted octanol–water partition coefficient (Wildman–Crippen LogP) is -0.0806. The third-order valence-corrected chi connectivity index (χ3v) is 3.51.